The number of hydrogen-bond donors (Lipinski definition) is 0. The summed E-state index contributed by atoms with van der Waals surface area (Å²) in [4.78, 5) is 0. The first-order valence-corrected chi connectivity index (χ1v) is 7.23. The molecule has 0 atom stereocenters. The molecule has 0 amide bonds. The molecule has 0 aliphatic heterocycles. The normalized spacial score (nSPS) is 11.8. The zero-order chi connectivity index (χ0) is 9.46. The van der Waals surface area contributed by atoms with Gasteiger partial charge in [0.1, 0.15) is 0 Å². The first-order valence-electron chi connectivity index (χ1n) is 4.29. The number of hydrogen-bond acceptors (Lipinski definition) is 0. The van der Waals surface area contributed by atoms with Crippen LogP contribution >= 0.6 is 0 Å². The van der Waals surface area contributed by atoms with Gasteiger partial charge in [-0.1, -0.05) is 0 Å². The molecule has 0 N–H and O–H groups in total. The van der Waals surface area contributed by atoms with Crippen LogP contribution in [-0.2, 0) is 38.7 Å². The van der Waals surface area contributed by atoms with E-state index in [1.54, 1.807) is 56.9 Å². The van der Waals surface area contributed by atoms with Crippen molar-refractivity contribution in [3.63, 3.8) is 0 Å². The topological polar surface area (TPSA) is 0 Å². The van der Waals surface area contributed by atoms with Gasteiger partial charge in [0.2, 0.25) is 0 Å². The van der Waals surface area contributed by atoms with Gasteiger partial charge >= 0.3 is 96.5 Å². The zero-order valence-electron chi connectivity index (χ0n) is 7.97. The molecule has 2 heteroatoms. The molecule has 0 aliphatic rings. The van der Waals surface area contributed by atoms with Gasteiger partial charge in [0, 0.05) is 0 Å². The van der Waals surface area contributed by atoms with Crippen LogP contribution in [0, 0.1) is 7.09 Å². The Hall–Kier alpha value is 0.857. The first kappa shape index (κ1) is 10.9. The summed E-state index contributed by atoms with van der Waals surface area (Å²) in [5, 5.41) is 0. The van der Waals surface area contributed by atoms with Gasteiger partial charge in [0.25, 0.3) is 0 Å². The molecule has 0 nitrogen and oxygen atoms in total. The second-order valence-corrected chi connectivity index (χ2v) is 6.73. The third-order valence-electron chi connectivity index (χ3n) is 2.14. The van der Waals surface area contributed by atoms with E-state index in [-0.39, 0.29) is 0 Å². The van der Waals surface area contributed by atoms with Crippen molar-refractivity contribution in [1.82, 2.24) is 0 Å². The second-order valence-electron chi connectivity index (χ2n) is 3.79. The molecule has 0 aliphatic carbocycles. The fourth-order valence-corrected chi connectivity index (χ4v) is 4.85. The molecule has 0 radical (unpaired) electrons. The van der Waals surface area contributed by atoms with Gasteiger partial charge in [-0.2, -0.15) is 0 Å². The third-order valence-corrected chi connectivity index (χ3v) is 7.20. The molecule has 0 saturated carbocycles. The van der Waals surface area contributed by atoms with Crippen LogP contribution in [-0.4, -0.2) is 0 Å². The van der Waals surface area contributed by atoms with Crippen molar-refractivity contribution >= 4 is 0 Å². The molecule has 0 fully saturated rings. The van der Waals surface area contributed by atoms with E-state index in [1.165, 1.54) is 0 Å². The predicted molar refractivity (Wildman–Crippen MR) is 43.5 cm³/mol. The first-order chi connectivity index (χ1) is 5.46. The zero-order valence-corrected chi connectivity index (χ0v) is 13.8. The van der Waals surface area contributed by atoms with E-state index in [9.17, 15) is 0 Å². The Balaban J connectivity index is 3.23. The summed E-state index contributed by atoms with van der Waals surface area (Å²) in [7, 11) is 0. The summed E-state index contributed by atoms with van der Waals surface area (Å²) < 4.78 is 3.31. The van der Waals surface area contributed by atoms with Crippen LogP contribution in [0.5, 0.6) is 0 Å². The summed E-state index contributed by atoms with van der Waals surface area (Å²) in [6.45, 7) is 9.23. The number of rotatable bonds is 2. The summed E-state index contributed by atoms with van der Waals surface area (Å²) in [6.07, 6.45) is 0. The van der Waals surface area contributed by atoms with Crippen molar-refractivity contribution < 1.29 is 38.7 Å². The molecule has 66 valence electrons. The standard InChI is InChI=1S/C10H14.2W/c1-7(2)9-5-6-10(9)8(3)4;;/h7-8H,1-4H3;;. The molecule has 0 saturated heterocycles. The molecular weight excluding hydrogens is 488 g/mol. The molecule has 0 bridgehead atoms. The van der Waals surface area contributed by atoms with Crippen molar-refractivity contribution in [3.05, 3.63) is 18.2 Å². The fraction of sp³-hybridized carbons (Fsp3) is 0.600. The van der Waals surface area contributed by atoms with E-state index in [0.717, 1.165) is 11.8 Å². The Labute approximate surface area is 95.9 Å². The van der Waals surface area contributed by atoms with E-state index >= 15 is 0 Å². The van der Waals surface area contributed by atoms with Crippen molar-refractivity contribution in [2.24, 2.45) is 0 Å². The van der Waals surface area contributed by atoms with Crippen LogP contribution in [0.1, 0.15) is 50.7 Å². The molecule has 0 spiro atoms. The van der Waals surface area contributed by atoms with Crippen LogP contribution in [0.3, 0.4) is 0 Å². The molecule has 0 aromatic heterocycles. The quantitative estimate of drug-likeness (QED) is 0.585. The van der Waals surface area contributed by atoms with Crippen LogP contribution in [0.2, 0.25) is 0 Å². The van der Waals surface area contributed by atoms with Gasteiger partial charge < -0.3 is 0 Å². The average Bonchev–Trinajstić information content (AvgIpc) is 1.96. The van der Waals surface area contributed by atoms with E-state index in [1.807, 2.05) is 0 Å². The minimum atomic E-state index is 0.734. The van der Waals surface area contributed by atoms with Gasteiger partial charge in [-0.3, -0.25) is 0 Å². The van der Waals surface area contributed by atoms with Crippen molar-refractivity contribution in [3.8, 4) is 0 Å². The van der Waals surface area contributed by atoms with E-state index in [4.69, 9.17) is 0 Å². The molecule has 1 aromatic rings. The van der Waals surface area contributed by atoms with Crippen LogP contribution in [0.25, 0.3) is 0 Å². The van der Waals surface area contributed by atoms with E-state index in [0.29, 0.717) is 0 Å². The van der Waals surface area contributed by atoms with Gasteiger partial charge in [0.15, 0.2) is 0 Å². The molecule has 12 heavy (non-hydrogen) atoms. The van der Waals surface area contributed by atoms with Crippen molar-refractivity contribution in [2.75, 3.05) is 0 Å². The van der Waals surface area contributed by atoms with Gasteiger partial charge in [-0.15, -0.1) is 0 Å². The van der Waals surface area contributed by atoms with E-state index < -0.39 is 0 Å². The minimum absolute atomic E-state index is 0.734. The Morgan fingerprint density at radius 3 is 1.17 bits per heavy atom. The average molecular weight is 502 g/mol. The van der Waals surface area contributed by atoms with Gasteiger partial charge in [-0.25, -0.2) is 0 Å². The van der Waals surface area contributed by atoms with Gasteiger partial charge in [-0.05, 0) is 0 Å². The summed E-state index contributed by atoms with van der Waals surface area (Å²) in [5.41, 5.74) is 3.34. The van der Waals surface area contributed by atoms with Crippen molar-refractivity contribution in [1.29, 1.82) is 0 Å². The summed E-state index contributed by atoms with van der Waals surface area (Å²) in [5.74, 6) is 1.47. The van der Waals surface area contributed by atoms with Crippen molar-refractivity contribution in [2.45, 2.75) is 39.5 Å². The molecule has 0 unspecified atom stereocenters. The Morgan fingerprint density at radius 1 is 0.750 bits per heavy atom. The van der Waals surface area contributed by atoms with E-state index in [2.05, 4.69) is 27.7 Å². The van der Waals surface area contributed by atoms with Crippen LogP contribution in [0.15, 0.2) is 0 Å². The third kappa shape index (κ3) is 1.71. The Morgan fingerprint density at radius 2 is 1.00 bits per heavy atom. The second kappa shape index (κ2) is 3.93. The molecule has 1 rings (SSSR count). The van der Waals surface area contributed by atoms with Crippen LogP contribution < -0.4 is 0 Å². The summed E-state index contributed by atoms with van der Waals surface area (Å²) in [6, 6.07) is 0. The maximum absolute atomic E-state index is 2.31. The maximum atomic E-state index is 2.31. The van der Waals surface area contributed by atoms with Gasteiger partial charge in [0.05, 0.1) is 0 Å². The summed E-state index contributed by atoms with van der Waals surface area (Å²) >= 11 is 3.31. The fourth-order valence-electron chi connectivity index (χ4n) is 1.57. The molecule has 1 aromatic carbocycles. The predicted octanol–water partition coefficient (Wildman–Crippen LogP) is 2.97. The molecule has 0 heterocycles. The Kier molecular flexibility index (Phi) is 3.58. The Bertz CT molecular complexity index is 316. The SMILES string of the molecule is CC(C)c1c(C(C)C)[c](=[W])[c]1=[W]. The monoisotopic (exact) mass is 502 g/mol. The molecular formula is C10H14W2. The van der Waals surface area contributed by atoms with Crippen LogP contribution in [0.4, 0.5) is 0 Å².